The minimum Gasteiger partial charge on any atom is -0.465 e. The van der Waals surface area contributed by atoms with Gasteiger partial charge in [-0.3, -0.25) is 0 Å². The second-order valence-corrected chi connectivity index (χ2v) is 4.80. The lowest BCUT2D eigenvalue weighted by atomic mass is 10.2. The number of methoxy groups -OCH3 is 1. The first-order valence-electron chi connectivity index (χ1n) is 3.83. The molecule has 0 aliphatic carbocycles. The molecular weight excluding hydrogens is 204 g/mol. The predicted molar refractivity (Wildman–Crippen MR) is 50.9 cm³/mol. The molecule has 0 fully saturated rings. The van der Waals surface area contributed by atoms with Crippen LogP contribution < -0.4 is 0 Å². The number of benzene rings is 1. The molecule has 0 saturated heterocycles. The minimum absolute atomic E-state index is 0.185. The van der Waals surface area contributed by atoms with Crippen molar-refractivity contribution in [3.8, 4) is 0 Å². The summed E-state index contributed by atoms with van der Waals surface area (Å²) >= 11 is 0. The summed E-state index contributed by atoms with van der Waals surface area (Å²) < 4.78 is 26.6. The maximum Gasteiger partial charge on any atom is 0.337 e. The fourth-order valence-corrected chi connectivity index (χ4v) is 1.59. The van der Waals surface area contributed by atoms with Crippen molar-refractivity contribution < 1.29 is 17.9 Å². The third-order valence-corrected chi connectivity index (χ3v) is 2.83. The van der Waals surface area contributed by atoms with E-state index in [4.69, 9.17) is 0 Å². The Kier molecular flexibility index (Phi) is 2.90. The second-order valence-electron chi connectivity index (χ2n) is 2.79. The van der Waals surface area contributed by atoms with Gasteiger partial charge in [0.2, 0.25) is 0 Å². The topological polar surface area (TPSA) is 60.4 Å². The van der Waals surface area contributed by atoms with Gasteiger partial charge in [-0.15, -0.1) is 0 Å². The monoisotopic (exact) mass is 214 g/mol. The molecule has 0 aliphatic heterocycles. The van der Waals surface area contributed by atoms with Crippen molar-refractivity contribution in [2.75, 3.05) is 13.4 Å². The third-order valence-electron chi connectivity index (χ3n) is 1.70. The van der Waals surface area contributed by atoms with Crippen LogP contribution in [0.2, 0.25) is 0 Å². The molecule has 0 aliphatic rings. The molecule has 0 bridgehead atoms. The van der Waals surface area contributed by atoms with Gasteiger partial charge in [-0.05, 0) is 24.3 Å². The fraction of sp³-hybridized carbons (Fsp3) is 0.222. The summed E-state index contributed by atoms with van der Waals surface area (Å²) in [5, 5.41) is 0. The van der Waals surface area contributed by atoms with Gasteiger partial charge in [-0.1, -0.05) is 0 Å². The molecule has 0 radical (unpaired) electrons. The molecular formula is C9H10O4S. The summed E-state index contributed by atoms with van der Waals surface area (Å²) in [5.74, 6) is -0.481. The molecule has 0 aromatic heterocycles. The Labute approximate surface area is 82.4 Å². The van der Waals surface area contributed by atoms with E-state index >= 15 is 0 Å². The van der Waals surface area contributed by atoms with Gasteiger partial charge in [0.15, 0.2) is 9.84 Å². The highest BCUT2D eigenvalue weighted by molar-refractivity contribution is 7.90. The van der Waals surface area contributed by atoms with E-state index in [9.17, 15) is 13.2 Å². The van der Waals surface area contributed by atoms with Crippen LogP contribution in [0.4, 0.5) is 0 Å². The van der Waals surface area contributed by atoms with Crippen LogP contribution in [0.15, 0.2) is 29.2 Å². The van der Waals surface area contributed by atoms with E-state index in [0.29, 0.717) is 5.56 Å². The Morgan fingerprint density at radius 2 is 1.71 bits per heavy atom. The molecule has 0 unspecified atom stereocenters. The van der Waals surface area contributed by atoms with Gasteiger partial charge in [0.25, 0.3) is 0 Å². The highest BCUT2D eigenvalue weighted by Gasteiger charge is 2.09. The smallest absolute Gasteiger partial charge is 0.337 e. The Morgan fingerprint density at radius 3 is 2.07 bits per heavy atom. The number of hydrogen-bond donors (Lipinski definition) is 0. The van der Waals surface area contributed by atoms with Crippen LogP contribution in [0.1, 0.15) is 10.4 Å². The lowest BCUT2D eigenvalue weighted by molar-refractivity contribution is 0.0600. The maximum absolute atomic E-state index is 11.1. The zero-order valence-electron chi connectivity index (χ0n) is 7.85. The molecule has 0 saturated carbocycles. The van der Waals surface area contributed by atoms with Gasteiger partial charge in [0.1, 0.15) is 0 Å². The highest BCUT2D eigenvalue weighted by Crippen LogP contribution is 2.10. The lowest BCUT2D eigenvalue weighted by Crippen LogP contribution is -2.02. The van der Waals surface area contributed by atoms with Crippen LogP contribution in [0.5, 0.6) is 0 Å². The Bertz CT molecular complexity index is 430. The molecule has 5 heteroatoms. The molecule has 1 aromatic rings. The average Bonchev–Trinajstić information content (AvgIpc) is 2.15. The molecule has 0 amide bonds. The van der Waals surface area contributed by atoms with Gasteiger partial charge >= 0.3 is 5.97 Å². The normalized spacial score (nSPS) is 11.0. The SMILES string of the molecule is COC(=O)c1ccc(S(C)(=O)=O)cc1. The molecule has 0 heterocycles. The average molecular weight is 214 g/mol. The maximum atomic E-state index is 11.1. The van der Waals surface area contributed by atoms with E-state index in [1.54, 1.807) is 0 Å². The van der Waals surface area contributed by atoms with Gasteiger partial charge in [0, 0.05) is 6.26 Å². The van der Waals surface area contributed by atoms with Crippen molar-refractivity contribution in [1.29, 1.82) is 0 Å². The first kappa shape index (κ1) is 10.7. The van der Waals surface area contributed by atoms with E-state index in [1.807, 2.05) is 0 Å². The van der Waals surface area contributed by atoms with E-state index < -0.39 is 15.8 Å². The van der Waals surface area contributed by atoms with E-state index in [-0.39, 0.29) is 4.90 Å². The standard InChI is InChI=1S/C9H10O4S/c1-13-9(10)7-3-5-8(6-4-7)14(2,11)12/h3-6H,1-2H3. The molecule has 1 rings (SSSR count). The number of carbonyl (C=O) groups excluding carboxylic acids is 1. The van der Waals surface area contributed by atoms with Crippen molar-refractivity contribution in [2.24, 2.45) is 0 Å². The highest BCUT2D eigenvalue weighted by atomic mass is 32.2. The summed E-state index contributed by atoms with van der Waals surface area (Å²) in [6.45, 7) is 0. The van der Waals surface area contributed by atoms with Crippen LogP contribution in [-0.4, -0.2) is 27.8 Å². The van der Waals surface area contributed by atoms with Crippen LogP contribution in [0.25, 0.3) is 0 Å². The zero-order chi connectivity index (χ0) is 10.8. The third kappa shape index (κ3) is 2.32. The Hall–Kier alpha value is -1.36. The zero-order valence-corrected chi connectivity index (χ0v) is 8.67. The molecule has 0 atom stereocenters. The van der Waals surface area contributed by atoms with E-state index in [0.717, 1.165) is 6.26 Å². The molecule has 14 heavy (non-hydrogen) atoms. The van der Waals surface area contributed by atoms with Crippen molar-refractivity contribution >= 4 is 15.8 Å². The van der Waals surface area contributed by atoms with Crippen molar-refractivity contribution in [2.45, 2.75) is 4.90 Å². The van der Waals surface area contributed by atoms with Gasteiger partial charge in [0.05, 0.1) is 17.6 Å². The largest absolute Gasteiger partial charge is 0.465 e. The van der Waals surface area contributed by atoms with Crippen LogP contribution in [0, 0.1) is 0 Å². The summed E-state index contributed by atoms with van der Waals surface area (Å²) in [4.78, 5) is 11.2. The van der Waals surface area contributed by atoms with Crippen LogP contribution in [0.3, 0.4) is 0 Å². The van der Waals surface area contributed by atoms with Crippen LogP contribution >= 0.6 is 0 Å². The first-order valence-corrected chi connectivity index (χ1v) is 5.72. The molecule has 4 nitrogen and oxygen atoms in total. The number of ether oxygens (including phenoxy) is 1. The van der Waals surface area contributed by atoms with E-state index in [2.05, 4.69) is 4.74 Å². The number of carbonyl (C=O) groups is 1. The number of sulfone groups is 1. The summed E-state index contributed by atoms with van der Waals surface area (Å²) in [6.07, 6.45) is 1.11. The first-order chi connectivity index (χ1) is 6.45. The molecule has 0 N–H and O–H groups in total. The number of rotatable bonds is 2. The quantitative estimate of drug-likeness (QED) is 0.685. The molecule has 0 spiro atoms. The second kappa shape index (κ2) is 3.79. The fourth-order valence-electron chi connectivity index (χ4n) is 0.956. The Balaban J connectivity index is 3.07. The summed E-state index contributed by atoms with van der Waals surface area (Å²) in [5.41, 5.74) is 0.333. The Morgan fingerprint density at radius 1 is 1.21 bits per heavy atom. The minimum atomic E-state index is -3.20. The lowest BCUT2D eigenvalue weighted by Gasteiger charge is -2.00. The van der Waals surface area contributed by atoms with Crippen LogP contribution in [-0.2, 0) is 14.6 Å². The summed E-state index contributed by atoms with van der Waals surface area (Å²) in [6, 6.07) is 5.59. The number of esters is 1. The molecule has 1 aromatic carbocycles. The van der Waals surface area contributed by atoms with Gasteiger partial charge in [-0.25, -0.2) is 13.2 Å². The van der Waals surface area contributed by atoms with Crippen molar-refractivity contribution in [3.05, 3.63) is 29.8 Å². The van der Waals surface area contributed by atoms with Crippen molar-refractivity contribution in [1.82, 2.24) is 0 Å². The number of hydrogen-bond acceptors (Lipinski definition) is 4. The summed E-state index contributed by atoms with van der Waals surface area (Å²) in [7, 11) is -1.93. The van der Waals surface area contributed by atoms with Gasteiger partial charge in [-0.2, -0.15) is 0 Å². The predicted octanol–water partition coefficient (Wildman–Crippen LogP) is 0.877. The van der Waals surface area contributed by atoms with Gasteiger partial charge < -0.3 is 4.74 Å². The van der Waals surface area contributed by atoms with Crippen molar-refractivity contribution in [3.63, 3.8) is 0 Å². The van der Waals surface area contributed by atoms with E-state index in [1.165, 1.54) is 31.4 Å². The molecule has 76 valence electrons.